The molecule has 1 atom stereocenters. The van der Waals surface area contributed by atoms with Crippen molar-refractivity contribution in [3.8, 4) is 5.75 Å². The summed E-state index contributed by atoms with van der Waals surface area (Å²) in [5.41, 5.74) is 0.0701. The zero-order valence-electron chi connectivity index (χ0n) is 8.94. The fourth-order valence-electron chi connectivity index (χ4n) is 1.39. The maximum Gasteiger partial charge on any atom is 0.182 e. The van der Waals surface area contributed by atoms with Gasteiger partial charge in [0.1, 0.15) is 16.5 Å². The van der Waals surface area contributed by atoms with Crippen LogP contribution in [0, 0.1) is 5.82 Å². The van der Waals surface area contributed by atoms with Crippen LogP contribution in [0.3, 0.4) is 0 Å². The van der Waals surface area contributed by atoms with E-state index in [-0.39, 0.29) is 12.2 Å². The fraction of sp³-hybridized carbons (Fsp3) is 0.400. The number of sulfone groups is 1. The molecule has 0 aliphatic rings. The fourth-order valence-corrected chi connectivity index (χ4v) is 2.28. The van der Waals surface area contributed by atoms with Crippen LogP contribution in [0.4, 0.5) is 4.39 Å². The van der Waals surface area contributed by atoms with Gasteiger partial charge in [0.25, 0.3) is 0 Å². The summed E-state index contributed by atoms with van der Waals surface area (Å²) < 4.78 is 36.4. The van der Waals surface area contributed by atoms with Crippen molar-refractivity contribution in [2.75, 3.05) is 12.9 Å². The third-order valence-corrected chi connectivity index (χ3v) is 3.41. The molecule has 0 amide bonds. The molecule has 0 aromatic heterocycles. The molecule has 0 heterocycles. The summed E-state index contributed by atoms with van der Waals surface area (Å²) in [4.78, 5) is -0.717. The Labute approximate surface area is 93.3 Å². The predicted molar refractivity (Wildman–Crippen MR) is 56.7 cm³/mol. The minimum atomic E-state index is -3.84. The largest absolute Gasteiger partial charge is 0.506 e. The summed E-state index contributed by atoms with van der Waals surface area (Å²) in [5.74, 6) is -2.14. The highest BCUT2D eigenvalue weighted by atomic mass is 32.2. The number of benzene rings is 1. The molecule has 4 nitrogen and oxygen atoms in total. The molecule has 1 rings (SSSR count). The molecule has 6 heteroatoms. The van der Waals surface area contributed by atoms with Crippen molar-refractivity contribution >= 4 is 9.84 Å². The predicted octanol–water partition coefficient (Wildman–Crippen LogP) is 1.03. The quantitative estimate of drug-likeness (QED) is 0.837. The first-order valence-electron chi connectivity index (χ1n) is 4.61. The standard InChI is InChI=1S/C10H13FO4S/c1-6(5-12)7-3-4-8(13)10(9(7)11)16(2,14)15/h3-4,6,12-13H,5H2,1-2H3. The summed E-state index contributed by atoms with van der Waals surface area (Å²) in [6, 6.07) is 2.38. The normalized spacial score (nSPS) is 13.8. The Bertz CT molecular complexity index is 496. The molecule has 1 aromatic carbocycles. The maximum absolute atomic E-state index is 13.8. The van der Waals surface area contributed by atoms with Gasteiger partial charge in [-0.1, -0.05) is 13.0 Å². The smallest absolute Gasteiger partial charge is 0.182 e. The van der Waals surface area contributed by atoms with E-state index in [0.29, 0.717) is 0 Å². The summed E-state index contributed by atoms with van der Waals surface area (Å²) in [7, 11) is -3.84. The van der Waals surface area contributed by atoms with Crippen LogP contribution in [0.2, 0.25) is 0 Å². The van der Waals surface area contributed by atoms with Gasteiger partial charge in [-0.3, -0.25) is 0 Å². The van der Waals surface area contributed by atoms with Gasteiger partial charge in [-0.05, 0) is 11.6 Å². The number of halogens is 1. The number of phenols is 1. The molecular formula is C10H13FO4S. The Balaban J connectivity index is 3.51. The van der Waals surface area contributed by atoms with Gasteiger partial charge in [-0.2, -0.15) is 0 Å². The Morgan fingerprint density at radius 2 is 2.00 bits per heavy atom. The molecule has 1 unspecified atom stereocenters. The SMILES string of the molecule is CC(CO)c1ccc(O)c(S(C)(=O)=O)c1F. The maximum atomic E-state index is 13.8. The highest BCUT2D eigenvalue weighted by Crippen LogP contribution is 2.31. The van der Waals surface area contributed by atoms with Crippen molar-refractivity contribution in [3.05, 3.63) is 23.5 Å². The molecule has 2 N–H and O–H groups in total. The van der Waals surface area contributed by atoms with Gasteiger partial charge >= 0.3 is 0 Å². The average molecular weight is 248 g/mol. The number of phenolic OH excluding ortho intramolecular Hbond substituents is 1. The lowest BCUT2D eigenvalue weighted by Gasteiger charge is -2.12. The number of hydrogen-bond acceptors (Lipinski definition) is 4. The van der Waals surface area contributed by atoms with Crippen molar-refractivity contribution in [3.63, 3.8) is 0 Å². The van der Waals surface area contributed by atoms with Crippen LogP contribution >= 0.6 is 0 Å². The number of aliphatic hydroxyl groups is 1. The van der Waals surface area contributed by atoms with E-state index in [1.54, 1.807) is 6.92 Å². The Morgan fingerprint density at radius 1 is 1.44 bits per heavy atom. The molecule has 0 aliphatic carbocycles. The molecular weight excluding hydrogens is 235 g/mol. The average Bonchev–Trinajstić information content (AvgIpc) is 2.14. The first-order valence-corrected chi connectivity index (χ1v) is 6.50. The van der Waals surface area contributed by atoms with Crippen molar-refractivity contribution in [1.29, 1.82) is 0 Å². The number of aliphatic hydroxyl groups excluding tert-OH is 1. The third-order valence-electron chi connectivity index (χ3n) is 2.28. The van der Waals surface area contributed by atoms with Gasteiger partial charge in [-0.15, -0.1) is 0 Å². The Hall–Kier alpha value is -1.14. The van der Waals surface area contributed by atoms with Crippen LogP contribution in [0.25, 0.3) is 0 Å². The molecule has 0 fully saturated rings. The van der Waals surface area contributed by atoms with Crippen LogP contribution in [-0.4, -0.2) is 31.5 Å². The van der Waals surface area contributed by atoms with Crippen LogP contribution in [0.5, 0.6) is 5.75 Å². The minimum absolute atomic E-state index is 0.0701. The topological polar surface area (TPSA) is 74.6 Å². The highest BCUT2D eigenvalue weighted by molar-refractivity contribution is 7.90. The van der Waals surface area contributed by atoms with Gasteiger partial charge in [0.2, 0.25) is 0 Å². The molecule has 16 heavy (non-hydrogen) atoms. The van der Waals surface area contributed by atoms with E-state index in [1.165, 1.54) is 6.07 Å². The number of rotatable bonds is 3. The molecule has 0 saturated carbocycles. The van der Waals surface area contributed by atoms with Gasteiger partial charge < -0.3 is 10.2 Å². The van der Waals surface area contributed by atoms with E-state index in [9.17, 15) is 17.9 Å². The molecule has 90 valence electrons. The zero-order valence-corrected chi connectivity index (χ0v) is 9.75. The first-order chi connectivity index (χ1) is 7.29. The van der Waals surface area contributed by atoms with Crippen LogP contribution in [0.15, 0.2) is 17.0 Å². The molecule has 0 radical (unpaired) electrons. The summed E-state index contributed by atoms with van der Waals surface area (Å²) in [6.07, 6.45) is 0.818. The molecule has 0 aliphatic heterocycles. The number of aromatic hydroxyl groups is 1. The van der Waals surface area contributed by atoms with E-state index in [4.69, 9.17) is 5.11 Å². The van der Waals surface area contributed by atoms with Gasteiger partial charge in [0.05, 0.1) is 0 Å². The van der Waals surface area contributed by atoms with E-state index < -0.39 is 32.2 Å². The van der Waals surface area contributed by atoms with Crippen molar-refractivity contribution in [2.45, 2.75) is 17.7 Å². The number of hydrogen-bond donors (Lipinski definition) is 2. The van der Waals surface area contributed by atoms with Gasteiger partial charge in [0, 0.05) is 18.8 Å². The second-order valence-corrected chi connectivity index (χ2v) is 5.63. The third kappa shape index (κ3) is 2.33. The van der Waals surface area contributed by atoms with E-state index >= 15 is 0 Å². The van der Waals surface area contributed by atoms with Crippen LogP contribution in [0.1, 0.15) is 18.4 Å². The summed E-state index contributed by atoms with van der Waals surface area (Å²) in [5, 5.41) is 18.2. The lowest BCUT2D eigenvalue weighted by molar-refractivity contribution is 0.269. The summed E-state index contributed by atoms with van der Waals surface area (Å²) in [6.45, 7) is 1.26. The second-order valence-electron chi connectivity index (χ2n) is 3.67. The Morgan fingerprint density at radius 3 is 2.44 bits per heavy atom. The van der Waals surface area contributed by atoms with Crippen LogP contribution in [-0.2, 0) is 9.84 Å². The lowest BCUT2D eigenvalue weighted by atomic mass is 10.0. The van der Waals surface area contributed by atoms with Gasteiger partial charge in [-0.25, -0.2) is 12.8 Å². The van der Waals surface area contributed by atoms with E-state index in [1.807, 2.05) is 0 Å². The van der Waals surface area contributed by atoms with Gasteiger partial charge in [0.15, 0.2) is 9.84 Å². The zero-order chi connectivity index (χ0) is 12.5. The lowest BCUT2D eigenvalue weighted by Crippen LogP contribution is -2.08. The Kier molecular flexibility index (Phi) is 3.54. The van der Waals surface area contributed by atoms with E-state index in [0.717, 1.165) is 12.3 Å². The van der Waals surface area contributed by atoms with Crippen molar-refractivity contribution in [2.24, 2.45) is 0 Å². The van der Waals surface area contributed by atoms with Crippen molar-refractivity contribution < 1.29 is 23.0 Å². The van der Waals surface area contributed by atoms with E-state index in [2.05, 4.69) is 0 Å². The molecule has 1 aromatic rings. The van der Waals surface area contributed by atoms with Crippen molar-refractivity contribution in [1.82, 2.24) is 0 Å². The highest BCUT2D eigenvalue weighted by Gasteiger charge is 2.23. The molecule has 0 spiro atoms. The monoisotopic (exact) mass is 248 g/mol. The van der Waals surface area contributed by atoms with Crippen LogP contribution < -0.4 is 0 Å². The molecule has 0 bridgehead atoms. The second kappa shape index (κ2) is 4.39. The summed E-state index contributed by atoms with van der Waals surface area (Å²) >= 11 is 0. The first kappa shape index (κ1) is 12.9. The minimum Gasteiger partial charge on any atom is -0.506 e. The molecule has 0 saturated heterocycles.